The second-order valence-corrected chi connectivity index (χ2v) is 4.94. The smallest absolute Gasteiger partial charge is 0.214 e. The predicted octanol–water partition coefficient (Wildman–Crippen LogP) is 1.99. The monoisotopic (exact) mass is 167 g/mol. The Labute approximate surface area is 71.3 Å². The Morgan fingerprint density at radius 2 is 1.92 bits per heavy atom. The molecule has 3 nitrogen and oxygen atoms in total. The zero-order valence-electron chi connectivity index (χ0n) is 7.08. The topological polar surface area (TPSA) is 43.1 Å². The molecule has 3 aliphatic carbocycles. The van der Waals surface area contributed by atoms with Crippen LogP contribution in [0, 0.1) is 20.9 Å². The van der Waals surface area contributed by atoms with Crippen molar-refractivity contribution in [2.75, 3.05) is 0 Å². The zero-order chi connectivity index (χ0) is 8.40. The van der Waals surface area contributed by atoms with Crippen LogP contribution in [0.15, 0.2) is 0 Å². The Hall–Kier alpha value is -0.600. The molecule has 3 rings (SSSR count). The molecule has 12 heavy (non-hydrogen) atoms. The molecule has 0 aromatic rings. The van der Waals surface area contributed by atoms with Gasteiger partial charge in [-0.15, -0.1) is 0 Å². The van der Waals surface area contributed by atoms with Crippen molar-refractivity contribution in [1.29, 1.82) is 0 Å². The molecule has 0 saturated heterocycles. The van der Waals surface area contributed by atoms with E-state index in [1.54, 1.807) is 0 Å². The molecule has 0 aromatic carbocycles. The van der Waals surface area contributed by atoms with E-state index in [1.165, 1.54) is 25.7 Å². The Morgan fingerprint density at radius 3 is 2.25 bits per heavy atom. The van der Waals surface area contributed by atoms with Crippen LogP contribution < -0.4 is 0 Å². The van der Waals surface area contributed by atoms with E-state index in [0.717, 1.165) is 12.8 Å². The molecule has 0 amide bonds. The van der Waals surface area contributed by atoms with Crippen LogP contribution in [0.3, 0.4) is 0 Å². The maximum absolute atomic E-state index is 10.4. The van der Waals surface area contributed by atoms with Gasteiger partial charge >= 0.3 is 0 Å². The first-order chi connectivity index (χ1) is 5.68. The second kappa shape index (κ2) is 1.68. The first-order valence-corrected chi connectivity index (χ1v) is 4.81. The fourth-order valence-corrected chi connectivity index (χ4v) is 3.48. The summed E-state index contributed by atoms with van der Waals surface area (Å²) < 4.78 is 0. The molecular weight excluding hydrogens is 154 g/mol. The minimum atomic E-state index is -0.190. The van der Waals surface area contributed by atoms with Crippen molar-refractivity contribution in [3.8, 4) is 0 Å². The van der Waals surface area contributed by atoms with Gasteiger partial charge in [0.2, 0.25) is 6.04 Å². The molecule has 0 atom stereocenters. The van der Waals surface area contributed by atoms with Crippen LogP contribution in [0.1, 0.15) is 38.5 Å². The summed E-state index contributed by atoms with van der Waals surface area (Å²) in [6.07, 6.45) is 7.17. The van der Waals surface area contributed by atoms with Gasteiger partial charge in [-0.2, -0.15) is 0 Å². The summed E-state index contributed by atoms with van der Waals surface area (Å²) >= 11 is 0. The van der Waals surface area contributed by atoms with Gasteiger partial charge in [-0.3, -0.25) is 10.1 Å². The van der Waals surface area contributed by atoms with Gasteiger partial charge in [0, 0.05) is 17.8 Å². The maximum atomic E-state index is 10.4. The van der Waals surface area contributed by atoms with Gasteiger partial charge in [-0.1, -0.05) is 6.42 Å². The van der Waals surface area contributed by atoms with Gasteiger partial charge in [0.05, 0.1) is 0 Å². The summed E-state index contributed by atoms with van der Waals surface area (Å²) in [6, 6.07) is -0.190. The molecule has 3 heteroatoms. The van der Waals surface area contributed by atoms with Crippen LogP contribution in [0.5, 0.6) is 0 Å². The van der Waals surface area contributed by atoms with Gasteiger partial charge in [-0.05, 0) is 30.1 Å². The van der Waals surface area contributed by atoms with E-state index in [1.807, 2.05) is 0 Å². The number of nitrogens with zero attached hydrogens (tertiary/aromatic N) is 1. The van der Waals surface area contributed by atoms with Gasteiger partial charge < -0.3 is 0 Å². The van der Waals surface area contributed by atoms with Gasteiger partial charge in [0.25, 0.3) is 0 Å². The third-order valence-corrected chi connectivity index (χ3v) is 4.54. The fraction of sp³-hybridized carbons (Fsp3) is 1.00. The summed E-state index contributed by atoms with van der Waals surface area (Å²) in [5.74, 6) is 0. The summed E-state index contributed by atoms with van der Waals surface area (Å²) in [5, 5.41) is 10.4. The van der Waals surface area contributed by atoms with E-state index in [9.17, 15) is 10.1 Å². The average Bonchev–Trinajstić information content (AvgIpc) is 2.50. The number of nitro groups is 1. The van der Waals surface area contributed by atoms with Crippen LogP contribution in [0.4, 0.5) is 0 Å². The largest absolute Gasteiger partial charge is 0.264 e. The molecule has 0 bridgehead atoms. The molecule has 0 N–H and O–H groups in total. The molecule has 0 unspecified atom stereocenters. The quantitative estimate of drug-likeness (QED) is 0.442. The molecule has 3 saturated carbocycles. The Balaban J connectivity index is 1.67. The Kier molecular flexibility index (Phi) is 0.960. The molecular formula is C9H13NO2. The lowest BCUT2D eigenvalue weighted by molar-refractivity contribution is -0.544. The lowest BCUT2D eigenvalue weighted by Gasteiger charge is -2.39. The molecule has 0 radical (unpaired) electrons. The van der Waals surface area contributed by atoms with Crippen molar-refractivity contribution in [1.82, 2.24) is 0 Å². The highest BCUT2D eigenvalue weighted by Crippen LogP contribution is 2.81. The highest BCUT2D eigenvalue weighted by molar-refractivity contribution is 5.23. The van der Waals surface area contributed by atoms with Gasteiger partial charge in [0.15, 0.2) is 0 Å². The van der Waals surface area contributed by atoms with E-state index in [-0.39, 0.29) is 11.0 Å². The summed E-state index contributed by atoms with van der Waals surface area (Å²) in [5.41, 5.74) is 1.10. The van der Waals surface area contributed by atoms with Crippen LogP contribution in [-0.4, -0.2) is 11.0 Å². The van der Waals surface area contributed by atoms with Crippen molar-refractivity contribution >= 4 is 0 Å². The van der Waals surface area contributed by atoms with E-state index < -0.39 is 0 Å². The Morgan fingerprint density at radius 1 is 1.25 bits per heavy atom. The van der Waals surface area contributed by atoms with Gasteiger partial charge in [-0.25, -0.2) is 0 Å². The average molecular weight is 167 g/mol. The highest BCUT2D eigenvalue weighted by atomic mass is 16.6. The molecule has 0 aliphatic heterocycles. The van der Waals surface area contributed by atoms with E-state index >= 15 is 0 Å². The number of fused-ring (bicyclic) bond motifs is 1. The molecule has 2 spiro atoms. The Bertz CT molecular complexity index is 251. The van der Waals surface area contributed by atoms with Crippen LogP contribution in [-0.2, 0) is 0 Å². The first-order valence-electron chi connectivity index (χ1n) is 4.81. The van der Waals surface area contributed by atoms with E-state index in [2.05, 4.69) is 0 Å². The van der Waals surface area contributed by atoms with Gasteiger partial charge in [0.1, 0.15) is 0 Å². The third kappa shape index (κ3) is 0.560. The summed E-state index contributed by atoms with van der Waals surface area (Å²) in [6.45, 7) is 0. The van der Waals surface area contributed by atoms with Crippen LogP contribution >= 0.6 is 0 Å². The zero-order valence-corrected chi connectivity index (χ0v) is 7.08. The van der Waals surface area contributed by atoms with Crippen molar-refractivity contribution in [2.24, 2.45) is 10.8 Å². The second-order valence-electron chi connectivity index (χ2n) is 4.94. The normalized spacial score (nSPS) is 46.8. The minimum Gasteiger partial charge on any atom is -0.264 e. The number of hydrogen-bond acceptors (Lipinski definition) is 2. The van der Waals surface area contributed by atoms with Crippen LogP contribution in [0.2, 0.25) is 0 Å². The third-order valence-electron chi connectivity index (χ3n) is 4.54. The van der Waals surface area contributed by atoms with E-state index in [4.69, 9.17) is 0 Å². The maximum Gasteiger partial charge on any atom is 0.214 e. The fourth-order valence-electron chi connectivity index (χ4n) is 3.48. The van der Waals surface area contributed by atoms with Crippen LogP contribution in [0.25, 0.3) is 0 Å². The van der Waals surface area contributed by atoms with Crippen molar-refractivity contribution < 1.29 is 4.92 Å². The lowest BCUT2D eigenvalue weighted by Crippen LogP contribution is -2.41. The van der Waals surface area contributed by atoms with Crippen molar-refractivity contribution in [3.63, 3.8) is 0 Å². The molecule has 0 heterocycles. The number of rotatable bonds is 1. The van der Waals surface area contributed by atoms with Crippen molar-refractivity contribution in [2.45, 2.75) is 44.6 Å². The molecule has 3 fully saturated rings. The SMILES string of the molecule is O=[N+]([O-])C1CC2(C1)CC21CCC1. The first kappa shape index (κ1) is 6.87. The minimum absolute atomic E-state index is 0.0874. The summed E-state index contributed by atoms with van der Waals surface area (Å²) in [7, 11) is 0. The highest BCUT2D eigenvalue weighted by Gasteiger charge is 2.75. The van der Waals surface area contributed by atoms with Crippen molar-refractivity contribution in [3.05, 3.63) is 10.1 Å². The van der Waals surface area contributed by atoms with E-state index in [0.29, 0.717) is 10.8 Å². The predicted molar refractivity (Wildman–Crippen MR) is 43.4 cm³/mol. The molecule has 66 valence electrons. The summed E-state index contributed by atoms with van der Waals surface area (Å²) in [4.78, 5) is 10.3. The number of hydrogen-bond donors (Lipinski definition) is 0. The standard InChI is InChI=1S/C9H13NO2/c11-10(12)7-4-9(5-7)6-8(9)2-1-3-8/h7H,1-6H2. The molecule has 0 aromatic heterocycles. The lowest BCUT2D eigenvalue weighted by atomic mass is 9.65. The molecule has 3 aliphatic rings.